The monoisotopic (exact) mass is 461 g/mol. The fourth-order valence-electron chi connectivity index (χ4n) is 4.37. The smallest absolute Gasteiger partial charge is 0.329 e. The second-order valence-corrected chi connectivity index (χ2v) is 8.91. The van der Waals surface area contributed by atoms with Crippen LogP contribution in [0.5, 0.6) is 0 Å². The highest BCUT2D eigenvalue weighted by Gasteiger charge is 2.52. The lowest BCUT2D eigenvalue weighted by atomic mass is 9.92. The highest BCUT2D eigenvalue weighted by molar-refractivity contribution is 6.42. The van der Waals surface area contributed by atoms with Crippen molar-refractivity contribution in [3.63, 3.8) is 0 Å². The first kappa shape index (κ1) is 21.9. The Labute approximate surface area is 191 Å². The van der Waals surface area contributed by atoms with E-state index in [0.717, 1.165) is 43.4 Å². The van der Waals surface area contributed by atoms with E-state index in [9.17, 15) is 14.7 Å². The van der Waals surface area contributed by atoms with Crippen LogP contribution in [-0.2, 0) is 10.5 Å². The molecule has 6 nitrogen and oxygen atoms in total. The van der Waals surface area contributed by atoms with Crippen LogP contribution < -0.4 is 15.5 Å². The zero-order valence-corrected chi connectivity index (χ0v) is 18.5. The molecule has 0 saturated heterocycles. The number of hydrogen-bond acceptors (Lipinski definition) is 3. The predicted octanol–water partition coefficient (Wildman–Crippen LogP) is 5.42. The van der Waals surface area contributed by atoms with Gasteiger partial charge in [0.25, 0.3) is 11.6 Å². The van der Waals surface area contributed by atoms with Crippen LogP contribution in [0.3, 0.4) is 0 Å². The molecule has 8 heteroatoms. The molecule has 1 heterocycles. The first-order valence-electron chi connectivity index (χ1n) is 10.6. The number of anilines is 2. The Morgan fingerprint density at radius 2 is 1.71 bits per heavy atom. The van der Waals surface area contributed by atoms with Gasteiger partial charge in [-0.05, 0) is 37.1 Å². The lowest BCUT2D eigenvalue weighted by molar-refractivity contribution is -0.141. The van der Waals surface area contributed by atoms with Crippen molar-refractivity contribution >= 4 is 46.5 Å². The van der Waals surface area contributed by atoms with Gasteiger partial charge in [-0.25, -0.2) is 4.79 Å². The number of nitrogens with one attached hydrogen (secondary N) is 2. The predicted molar refractivity (Wildman–Crippen MR) is 123 cm³/mol. The molecule has 2 aromatic carbocycles. The number of amides is 3. The molecule has 4 rings (SSSR count). The maximum Gasteiger partial charge on any atom is 0.329 e. The number of urea groups is 1. The number of benzene rings is 2. The number of hydrogen-bond donors (Lipinski definition) is 3. The van der Waals surface area contributed by atoms with Crippen LogP contribution >= 0.6 is 23.2 Å². The zero-order valence-electron chi connectivity index (χ0n) is 17.0. The molecular weight excluding hydrogens is 437 g/mol. The molecule has 2 aliphatic rings. The minimum atomic E-state index is -2.24. The number of fused-ring (bicyclic) bond motifs is 1. The molecule has 3 N–H and O–H groups in total. The molecule has 1 aliphatic carbocycles. The quantitative estimate of drug-likeness (QED) is 0.570. The van der Waals surface area contributed by atoms with E-state index in [1.165, 1.54) is 18.6 Å². The third kappa shape index (κ3) is 4.25. The summed E-state index contributed by atoms with van der Waals surface area (Å²) < 4.78 is 0. The minimum Gasteiger partial charge on any atom is -0.359 e. The summed E-state index contributed by atoms with van der Waals surface area (Å²) in [6, 6.07) is 10.6. The lowest BCUT2D eigenvalue weighted by Gasteiger charge is -2.43. The van der Waals surface area contributed by atoms with Crippen LogP contribution in [0.2, 0.25) is 10.0 Å². The van der Waals surface area contributed by atoms with Crippen LogP contribution in [0.1, 0.15) is 50.5 Å². The minimum absolute atomic E-state index is 0.0513. The molecular formula is C23H25Cl2N3O3. The molecule has 164 valence electrons. The Morgan fingerprint density at radius 3 is 2.42 bits per heavy atom. The molecule has 1 fully saturated rings. The maximum atomic E-state index is 13.6. The van der Waals surface area contributed by atoms with Gasteiger partial charge in [0.15, 0.2) is 0 Å². The van der Waals surface area contributed by atoms with Gasteiger partial charge >= 0.3 is 6.03 Å². The summed E-state index contributed by atoms with van der Waals surface area (Å²) in [5.41, 5.74) is -1.29. The van der Waals surface area contributed by atoms with Gasteiger partial charge in [0.05, 0.1) is 21.4 Å². The second kappa shape index (κ2) is 9.07. The normalized spacial score (nSPS) is 22.2. The summed E-state index contributed by atoms with van der Waals surface area (Å²) >= 11 is 12.2. The Bertz CT molecular complexity index is 992. The molecule has 0 radical (unpaired) electrons. The first-order valence-corrected chi connectivity index (χ1v) is 11.4. The summed E-state index contributed by atoms with van der Waals surface area (Å²) in [5.74, 6) is -0.633. The molecule has 1 atom stereocenters. The molecule has 3 amide bonds. The van der Waals surface area contributed by atoms with Crippen LogP contribution in [0, 0.1) is 0 Å². The van der Waals surface area contributed by atoms with E-state index in [-0.39, 0.29) is 16.8 Å². The Hall–Kier alpha value is -2.28. The van der Waals surface area contributed by atoms with E-state index in [2.05, 4.69) is 10.6 Å². The molecule has 1 aliphatic heterocycles. The number of carbonyl (C=O) groups excluding carboxylic acids is 2. The fraction of sp³-hybridized carbons (Fsp3) is 0.391. The van der Waals surface area contributed by atoms with Crippen molar-refractivity contribution in [3.8, 4) is 0 Å². The summed E-state index contributed by atoms with van der Waals surface area (Å²) in [6.45, 7) is 0. The highest BCUT2D eigenvalue weighted by Crippen LogP contribution is 2.41. The van der Waals surface area contributed by atoms with Gasteiger partial charge in [-0.2, -0.15) is 0 Å². The number of halogens is 2. The number of carbonyl (C=O) groups is 2. The van der Waals surface area contributed by atoms with E-state index in [0.29, 0.717) is 16.3 Å². The van der Waals surface area contributed by atoms with Crippen molar-refractivity contribution in [3.05, 3.63) is 58.1 Å². The van der Waals surface area contributed by atoms with E-state index in [4.69, 9.17) is 23.2 Å². The third-order valence-corrected chi connectivity index (χ3v) is 6.73. The average molecular weight is 462 g/mol. The molecule has 1 unspecified atom stereocenters. The molecule has 2 aromatic rings. The van der Waals surface area contributed by atoms with E-state index >= 15 is 0 Å². The van der Waals surface area contributed by atoms with Crippen LogP contribution in [0.4, 0.5) is 16.2 Å². The first-order chi connectivity index (χ1) is 14.9. The summed E-state index contributed by atoms with van der Waals surface area (Å²) in [7, 11) is 0. The SMILES string of the molecule is O=C1Nc2ccccc2C(O)(C(=O)NC2CCCCCCC2)N1c1ccc(Cl)c(Cl)c1. The van der Waals surface area contributed by atoms with Crippen molar-refractivity contribution in [2.24, 2.45) is 0 Å². The maximum absolute atomic E-state index is 13.6. The summed E-state index contributed by atoms with van der Waals surface area (Å²) in [4.78, 5) is 27.7. The van der Waals surface area contributed by atoms with E-state index < -0.39 is 17.7 Å². The Kier molecular flexibility index (Phi) is 6.42. The number of aliphatic hydroxyl groups is 1. The largest absolute Gasteiger partial charge is 0.359 e. The van der Waals surface area contributed by atoms with Gasteiger partial charge in [-0.3, -0.25) is 9.69 Å². The number of rotatable bonds is 3. The summed E-state index contributed by atoms with van der Waals surface area (Å²) in [6.07, 6.45) is 7.23. The Morgan fingerprint density at radius 1 is 1.03 bits per heavy atom. The van der Waals surface area contributed by atoms with Gasteiger partial charge in [0.1, 0.15) is 0 Å². The molecule has 0 bridgehead atoms. The van der Waals surface area contributed by atoms with Crippen LogP contribution in [0.15, 0.2) is 42.5 Å². The van der Waals surface area contributed by atoms with Crippen LogP contribution in [-0.4, -0.2) is 23.1 Å². The number of nitrogens with zero attached hydrogens (tertiary/aromatic N) is 1. The van der Waals surface area contributed by atoms with Crippen molar-refractivity contribution in [1.29, 1.82) is 0 Å². The molecule has 31 heavy (non-hydrogen) atoms. The molecule has 0 aromatic heterocycles. The average Bonchev–Trinajstić information content (AvgIpc) is 2.72. The van der Waals surface area contributed by atoms with E-state index in [1.807, 2.05) is 0 Å². The highest BCUT2D eigenvalue weighted by atomic mass is 35.5. The van der Waals surface area contributed by atoms with E-state index in [1.54, 1.807) is 30.3 Å². The van der Waals surface area contributed by atoms with Gasteiger partial charge in [-0.15, -0.1) is 0 Å². The van der Waals surface area contributed by atoms with Crippen LogP contribution in [0.25, 0.3) is 0 Å². The van der Waals surface area contributed by atoms with Gasteiger partial charge in [-0.1, -0.05) is 73.5 Å². The van der Waals surface area contributed by atoms with Crippen molar-refractivity contribution in [1.82, 2.24) is 5.32 Å². The zero-order chi connectivity index (χ0) is 22.0. The summed E-state index contributed by atoms with van der Waals surface area (Å²) in [5, 5.41) is 18.2. The van der Waals surface area contributed by atoms with Gasteiger partial charge in [0, 0.05) is 11.6 Å². The van der Waals surface area contributed by atoms with Gasteiger partial charge < -0.3 is 15.7 Å². The van der Waals surface area contributed by atoms with Crippen molar-refractivity contribution in [2.45, 2.75) is 56.7 Å². The Balaban J connectivity index is 1.75. The molecule has 1 saturated carbocycles. The standard InChI is InChI=1S/C23H25Cl2N3O3/c24-18-13-12-16(14-19(18)25)28-22(30)27-20-11-7-6-10-17(20)23(28,31)21(29)26-15-8-4-2-1-3-5-9-15/h6-7,10-15,31H,1-5,8-9H2,(H,26,29)(H,27,30). The second-order valence-electron chi connectivity index (χ2n) is 8.10. The topological polar surface area (TPSA) is 81.7 Å². The number of para-hydroxylation sites is 1. The molecule has 0 spiro atoms. The lowest BCUT2D eigenvalue weighted by Crippen LogP contribution is -2.63. The third-order valence-electron chi connectivity index (χ3n) is 5.99. The van der Waals surface area contributed by atoms with Gasteiger partial charge in [0.2, 0.25) is 0 Å². The fourth-order valence-corrected chi connectivity index (χ4v) is 4.67. The van der Waals surface area contributed by atoms with Crippen molar-refractivity contribution in [2.75, 3.05) is 10.2 Å². The van der Waals surface area contributed by atoms with Crippen molar-refractivity contribution < 1.29 is 14.7 Å².